The average Bonchev–Trinajstić information content (AvgIpc) is 2.97. The van der Waals surface area contributed by atoms with Crippen LogP contribution >= 0.6 is 15.8 Å². The van der Waals surface area contributed by atoms with Crippen molar-refractivity contribution in [2.45, 2.75) is 38.5 Å². The first-order chi connectivity index (χ1) is 18.9. The molecule has 203 valence electrons. The van der Waals surface area contributed by atoms with E-state index in [1.807, 2.05) is 0 Å². The summed E-state index contributed by atoms with van der Waals surface area (Å²) in [6.45, 7) is 0. The summed E-state index contributed by atoms with van der Waals surface area (Å²) in [6.07, 6.45) is 19.1. The minimum absolute atomic E-state index is 0. The molecule has 0 unspecified atom stereocenters. The van der Waals surface area contributed by atoms with E-state index in [0.717, 1.165) is 0 Å². The third kappa shape index (κ3) is 11.1. The third-order valence-corrected chi connectivity index (χ3v) is 11.8. The second-order valence-corrected chi connectivity index (χ2v) is 14.1. The Hall–Kier alpha value is -2.16. The van der Waals surface area contributed by atoms with E-state index in [9.17, 15) is 0 Å². The third-order valence-electron chi connectivity index (χ3n) is 6.62. The standard InChI is InChI=1S/C28H28P2.C8H12.Rh/c1-5-15-25(16-6-1)29(26-17-7-2-8-18-26)23-13-14-24-30(27-19-9-3-10-20-27)28-21-11-4-12-22-28;1-2-4-6-8-7-5-3-1;/h1-12,15-22H,13-14,23-24H2;1-2,7-8H,3-6H2;/b;2-1-,8-7-;. The molecule has 0 aromatic heterocycles. The van der Waals surface area contributed by atoms with E-state index in [4.69, 9.17) is 0 Å². The fourth-order valence-electron chi connectivity index (χ4n) is 4.64. The Bertz CT molecular complexity index is 1020. The molecule has 0 saturated carbocycles. The largest absolute Gasteiger partial charge is 0.0882 e. The molecule has 1 aliphatic rings. The zero-order chi connectivity index (χ0) is 26.1. The summed E-state index contributed by atoms with van der Waals surface area (Å²) < 4.78 is 0. The maximum Gasteiger partial charge on any atom is 0 e. The van der Waals surface area contributed by atoms with E-state index in [1.54, 1.807) is 0 Å². The van der Waals surface area contributed by atoms with Crippen LogP contribution in [-0.2, 0) is 19.5 Å². The molecule has 4 aromatic carbocycles. The van der Waals surface area contributed by atoms with Gasteiger partial charge in [-0.1, -0.05) is 146 Å². The van der Waals surface area contributed by atoms with E-state index in [1.165, 1.54) is 72.1 Å². The fourth-order valence-corrected chi connectivity index (χ4v) is 9.48. The fraction of sp³-hybridized carbons (Fsp3) is 0.222. The minimum Gasteiger partial charge on any atom is -0.0882 e. The molecule has 1 aliphatic carbocycles. The van der Waals surface area contributed by atoms with Crippen LogP contribution in [-0.4, -0.2) is 12.3 Å². The maximum absolute atomic E-state index is 2.31. The average molecular weight is 638 g/mol. The summed E-state index contributed by atoms with van der Waals surface area (Å²) in [5.41, 5.74) is 0. The zero-order valence-electron chi connectivity index (χ0n) is 22.7. The van der Waals surface area contributed by atoms with E-state index >= 15 is 0 Å². The van der Waals surface area contributed by atoms with Gasteiger partial charge in [0.2, 0.25) is 0 Å². The van der Waals surface area contributed by atoms with Crippen LogP contribution in [0.3, 0.4) is 0 Å². The summed E-state index contributed by atoms with van der Waals surface area (Å²) in [5.74, 6) is 0. The summed E-state index contributed by atoms with van der Waals surface area (Å²) in [6, 6.07) is 44.3. The van der Waals surface area contributed by atoms with Crippen LogP contribution < -0.4 is 21.2 Å². The van der Waals surface area contributed by atoms with Gasteiger partial charge in [-0.3, -0.25) is 0 Å². The first kappa shape index (κ1) is 31.4. The number of benzene rings is 4. The van der Waals surface area contributed by atoms with E-state index in [2.05, 4.69) is 146 Å². The second-order valence-electron chi connectivity index (χ2n) is 9.45. The van der Waals surface area contributed by atoms with Crippen LogP contribution in [0.5, 0.6) is 0 Å². The van der Waals surface area contributed by atoms with Crippen LogP contribution in [0.15, 0.2) is 146 Å². The van der Waals surface area contributed by atoms with Gasteiger partial charge in [0.1, 0.15) is 0 Å². The number of rotatable bonds is 9. The van der Waals surface area contributed by atoms with Crippen molar-refractivity contribution in [3.8, 4) is 0 Å². The van der Waals surface area contributed by atoms with E-state index in [0.29, 0.717) is 0 Å². The predicted molar refractivity (Wildman–Crippen MR) is 174 cm³/mol. The monoisotopic (exact) mass is 637 g/mol. The van der Waals surface area contributed by atoms with Gasteiger partial charge in [-0.05, 0) is 87.9 Å². The smallest absolute Gasteiger partial charge is 0 e. The first-order valence-corrected chi connectivity index (χ1v) is 17.0. The molecule has 0 atom stereocenters. The molecule has 4 aromatic rings. The molecule has 0 spiro atoms. The van der Waals surface area contributed by atoms with Gasteiger partial charge in [0.25, 0.3) is 0 Å². The summed E-state index contributed by atoms with van der Waals surface area (Å²) in [4.78, 5) is 0. The molecule has 0 N–H and O–H groups in total. The van der Waals surface area contributed by atoms with Crippen LogP contribution in [0.25, 0.3) is 0 Å². The summed E-state index contributed by atoms with van der Waals surface area (Å²) >= 11 is 0. The Morgan fingerprint density at radius 2 is 0.590 bits per heavy atom. The Labute approximate surface area is 251 Å². The molecule has 0 aliphatic heterocycles. The Kier molecular flexibility index (Phi) is 15.3. The van der Waals surface area contributed by atoms with Crippen LogP contribution in [0.1, 0.15) is 38.5 Å². The quantitative estimate of drug-likeness (QED) is 0.0746. The molecule has 0 bridgehead atoms. The van der Waals surface area contributed by atoms with Crippen molar-refractivity contribution < 1.29 is 19.5 Å². The molecule has 5 rings (SSSR count). The van der Waals surface area contributed by atoms with Gasteiger partial charge in [0, 0.05) is 19.5 Å². The maximum atomic E-state index is 2.31. The molecule has 0 amide bonds. The predicted octanol–water partition coefficient (Wildman–Crippen LogP) is 8.70. The van der Waals surface area contributed by atoms with Crippen molar-refractivity contribution in [3.05, 3.63) is 146 Å². The zero-order valence-corrected chi connectivity index (χ0v) is 26.2. The van der Waals surface area contributed by atoms with Crippen molar-refractivity contribution in [1.29, 1.82) is 0 Å². The second kappa shape index (κ2) is 19.0. The molecule has 39 heavy (non-hydrogen) atoms. The first-order valence-electron chi connectivity index (χ1n) is 14.0. The summed E-state index contributed by atoms with van der Waals surface area (Å²) in [5, 5.41) is 5.97. The van der Waals surface area contributed by atoms with Crippen molar-refractivity contribution >= 4 is 37.1 Å². The molecule has 0 heterocycles. The van der Waals surface area contributed by atoms with Crippen molar-refractivity contribution in [2.75, 3.05) is 12.3 Å². The molecule has 0 nitrogen and oxygen atoms in total. The van der Waals surface area contributed by atoms with E-state index in [-0.39, 0.29) is 35.3 Å². The Morgan fingerprint density at radius 1 is 0.359 bits per heavy atom. The number of allylic oxidation sites excluding steroid dienone is 4. The van der Waals surface area contributed by atoms with Crippen LogP contribution in [0.2, 0.25) is 0 Å². The molecule has 0 fully saturated rings. The van der Waals surface area contributed by atoms with Gasteiger partial charge in [0.15, 0.2) is 0 Å². The Balaban J connectivity index is 0.000000402. The van der Waals surface area contributed by atoms with Gasteiger partial charge in [0.05, 0.1) is 0 Å². The van der Waals surface area contributed by atoms with Gasteiger partial charge < -0.3 is 0 Å². The van der Waals surface area contributed by atoms with Gasteiger partial charge in [-0.2, -0.15) is 0 Å². The molecular formula is C36H40P2Rh. The number of unbranched alkanes of at least 4 members (excludes halogenated alkanes) is 1. The van der Waals surface area contributed by atoms with Crippen LogP contribution in [0, 0.1) is 0 Å². The van der Waals surface area contributed by atoms with Crippen molar-refractivity contribution in [2.24, 2.45) is 0 Å². The molecule has 1 radical (unpaired) electrons. The normalized spacial score (nSPS) is 14.3. The molecule has 3 heteroatoms. The van der Waals surface area contributed by atoms with Crippen molar-refractivity contribution in [3.63, 3.8) is 0 Å². The van der Waals surface area contributed by atoms with Gasteiger partial charge in [-0.25, -0.2) is 0 Å². The van der Waals surface area contributed by atoms with Crippen LogP contribution in [0.4, 0.5) is 0 Å². The minimum atomic E-state index is -0.283. The number of hydrogen-bond acceptors (Lipinski definition) is 0. The van der Waals surface area contributed by atoms with Gasteiger partial charge in [-0.15, -0.1) is 0 Å². The van der Waals surface area contributed by atoms with Crippen molar-refractivity contribution in [1.82, 2.24) is 0 Å². The van der Waals surface area contributed by atoms with E-state index < -0.39 is 0 Å². The Morgan fingerprint density at radius 3 is 0.821 bits per heavy atom. The molecular weight excluding hydrogens is 597 g/mol. The summed E-state index contributed by atoms with van der Waals surface area (Å²) in [7, 11) is -0.566. The van der Waals surface area contributed by atoms with Gasteiger partial charge >= 0.3 is 0 Å². The molecule has 0 saturated heterocycles. The number of hydrogen-bond donors (Lipinski definition) is 0. The SMILES string of the molecule is C1=C\CC/C=C\CC/1.[Rh].c1ccc(P(CCCCP(c2ccccc2)c2ccccc2)c2ccccc2)cc1. The topological polar surface area (TPSA) is 0 Å².